The number of nitrogens with one attached hydrogen (secondary N) is 1. The van der Waals surface area contributed by atoms with Gasteiger partial charge < -0.3 is 15.1 Å². The second kappa shape index (κ2) is 11.1. The average molecular weight is 473 g/mol. The lowest BCUT2D eigenvalue weighted by Crippen LogP contribution is -2.44. The number of hydrogen-bond donors (Lipinski definition) is 1. The molecule has 0 aromatic heterocycles. The predicted molar refractivity (Wildman–Crippen MR) is 132 cm³/mol. The summed E-state index contributed by atoms with van der Waals surface area (Å²) < 4.78 is 13.3. The molecule has 0 saturated carbocycles. The lowest BCUT2D eigenvalue weighted by molar-refractivity contribution is -0.132. The number of anilines is 3. The first-order valence-electron chi connectivity index (χ1n) is 10.9. The Morgan fingerprint density at radius 3 is 1.63 bits per heavy atom. The summed E-state index contributed by atoms with van der Waals surface area (Å²) in [6.07, 6.45) is -1.06. The highest BCUT2D eigenvalue weighted by molar-refractivity contribution is 6.06. The number of para-hydroxylation sites is 2. The summed E-state index contributed by atoms with van der Waals surface area (Å²) in [7, 11) is 3.07. The van der Waals surface area contributed by atoms with Crippen molar-refractivity contribution in [2.75, 3.05) is 29.2 Å². The van der Waals surface area contributed by atoms with Gasteiger partial charge in [-0.3, -0.25) is 14.4 Å². The molecule has 0 aliphatic carbocycles. The molecular weight excluding hydrogens is 447 g/mol. The fraction of sp³-hybridized carbons (Fsp3) is 0.185. The molecule has 35 heavy (non-hydrogen) atoms. The Morgan fingerprint density at radius 2 is 1.23 bits per heavy atom. The highest BCUT2D eigenvalue weighted by Crippen LogP contribution is 2.32. The Bertz CT molecular complexity index is 1170. The number of rotatable bonds is 8. The summed E-state index contributed by atoms with van der Waals surface area (Å²) in [5.74, 6) is -2.34. The quantitative estimate of drug-likeness (QED) is 0.527. The van der Waals surface area contributed by atoms with Crippen molar-refractivity contribution < 1.29 is 18.8 Å². The summed E-state index contributed by atoms with van der Waals surface area (Å²) in [6.45, 7) is 0. The van der Waals surface area contributed by atoms with Crippen molar-refractivity contribution in [1.29, 1.82) is 5.26 Å². The fourth-order valence-corrected chi connectivity index (χ4v) is 3.48. The van der Waals surface area contributed by atoms with Crippen LogP contribution in [0.5, 0.6) is 0 Å². The number of nitrogens with zero attached hydrogens (tertiary/aromatic N) is 3. The van der Waals surface area contributed by atoms with Crippen molar-refractivity contribution in [3.8, 4) is 6.07 Å². The number of nitriles is 1. The van der Waals surface area contributed by atoms with Gasteiger partial charge >= 0.3 is 0 Å². The number of amides is 3. The van der Waals surface area contributed by atoms with E-state index in [-0.39, 0.29) is 5.69 Å². The van der Waals surface area contributed by atoms with Gasteiger partial charge in [0.25, 0.3) is 0 Å². The van der Waals surface area contributed by atoms with Crippen molar-refractivity contribution in [2.24, 2.45) is 5.41 Å². The van der Waals surface area contributed by atoms with Gasteiger partial charge in [0.2, 0.25) is 17.7 Å². The van der Waals surface area contributed by atoms with Crippen LogP contribution in [-0.4, -0.2) is 31.8 Å². The zero-order valence-corrected chi connectivity index (χ0v) is 19.4. The monoisotopic (exact) mass is 472 g/mol. The second-order valence-electron chi connectivity index (χ2n) is 8.09. The van der Waals surface area contributed by atoms with Gasteiger partial charge in [-0.25, -0.2) is 4.39 Å². The summed E-state index contributed by atoms with van der Waals surface area (Å²) in [6, 6.07) is 24.5. The number of carbonyl (C=O) groups is 3. The molecule has 0 atom stereocenters. The van der Waals surface area contributed by atoms with Crippen LogP contribution in [0, 0.1) is 22.6 Å². The number of carbonyl (C=O) groups excluding carboxylic acids is 3. The molecule has 0 spiro atoms. The molecule has 3 rings (SSSR count). The molecular formula is C27H25FN4O3. The molecule has 0 fully saturated rings. The van der Waals surface area contributed by atoms with Gasteiger partial charge in [0.05, 0.1) is 18.9 Å². The van der Waals surface area contributed by atoms with Crippen LogP contribution in [0.3, 0.4) is 0 Å². The fourth-order valence-electron chi connectivity index (χ4n) is 3.48. The Balaban J connectivity index is 1.91. The van der Waals surface area contributed by atoms with Gasteiger partial charge in [0.15, 0.2) is 5.41 Å². The van der Waals surface area contributed by atoms with E-state index in [9.17, 15) is 24.0 Å². The van der Waals surface area contributed by atoms with Crippen LogP contribution in [0.2, 0.25) is 0 Å². The third kappa shape index (κ3) is 6.09. The number of hydrogen-bond acceptors (Lipinski definition) is 4. The van der Waals surface area contributed by atoms with E-state index in [1.165, 1.54) is 36.0 Å². The smallest absolute Gasteiger partial charge is 0.245 e. The Hall–Kier alpha value is -4.51. The SMILES string of the molecule is CN(C(=O)CC(C#N)(CC(=O)N(C)c1ccccc1)C(=O)Nc1ccc(F)cc1)c1ccccc1. The van der Waals surface area contributed by atoms with E-state index < -0.39 is 41.8 Å². The lowest BCUT2D eigenvalue weighted by Gasteiger charge is -2.29. The molecule has 0 aliphatic rings. The van der Waals surface area contributed by atoms with E-state index in [1.54, 1.807) is 60.7 Å². The molecule has 0 heterocycles. The van der Waals surface area contributed by atoms with Crippen molar-refractivity contribution >= 4 is 34.8 Å². The summed E-state index contributed by atoms with van der Waals surface area (Å²) in [4.78, 5) is 42.4. The first-order valence-corrected chi connectivity index (χ1v) is 10.9. The topological polar surface area (TPSA) is 93.5 Å². The third-order valence-electron chi connectivity index (χ3n) is 5.69. The zero-order valence-electron chi connectivity index (χ0n) is 19.4. The Morgan fingerprint density at radius 1 is 0.800 bits per heavy atom. The standard InChI is InChI=1S/C27H25FN4O3/c1-31(22-9-5-3-6-10-22)24(33)17-27(19-29,26(35)30-21-15-13-20(28)14-16-21)18-25(34)32(2)23-11-7-4-8-12-23/h3-16H,17-18H2,1-2H3,(H,30,35). The molecule has 0 saturated heterocycles. The highest BCUT2D eigenvalue weighted by atomic mass is 19.1. The van der Waals surface area contributed by atoms with Crippen LogP contribution in [0.25, 0.3) is 0 Å². The maximum atomic E-state index is 13.4. The molecule has 3 amide bonds. The predicted octanol–water partition coefficient (Wildman–Crippen LogP) is 4.38. The van der Waals surface area contributed by atoms with E-state index in [1.807, 2.05) is 6.07 Å². The van der Waals surface area contributed by atoms with Gasteiger partial charge in [0.1, 0.15) is 5.82 Å². The molecule has 3 aromatic rings. The molecule has 0 bridgehead atoms. The van der Waals surface area contributed by atoms with E-state index in [0.717, 1.165) is 12.1 Å². The molecule has 0 aliphatic heterocycles. The van der Waals surface area contributed by atoms with Crippen LogP contribution < -0.4 is 15.1 Å². The first-order chi connectivity index (χ1) is 16.8. The van der Waals surface area contributed by atoms with Gasteiger partial charge in [-0.05, 0) is 48.5 Å². The van der Waals surface area contributed by atoms with Crippen molar-refractivity contribution in [2.45, 2.75) is 12.8 Å². The third-order valence-corrected chi connectivity index (χ3v) is 5.69. The summed E-state index contributed by atoms with van der Waals surface area (Å²) in [5, 5.41) is 12.7. The minimum Gasteiger partial charge on any atom is -0.325 e. The molecule has 0 radical (unpaired) electrons. The van der Waals surface area contributed by atoms with Crippen LogP contribution >= 0.6 is 0 Å². The van der Waals surface area contributed by atoms with Gasteiger partial charge in [-0.1, -0.05) is 36.4 Å². The Labute approximate surface area is 203 Å². The highest BCUT2D eigenvalue weighted by Gasteiger charge is 2.44. The zero-order chi connectivity index (χ0) is 25.4. The van der Waals surface area contributed by atoms with Crippen LogP contribution in [0.1, 0.15) is 12.8 Å². The van der Waals surface area contributed by atoms with E-state index >= 15 is 0 Å². The van der Waals surface area contributed by atoms with Crippen LogP contribution in [0.4, 0.5) is 21.5 Å². The van der Waals surface area contributed by atoms with Crippen LogP contribution in [0.15, 0.2) is 84.9 Å². The first kappa shape index (κ1) is 25.1. The Kier molecular flexibility index (Phi) is 7.95. The van der Waals surface area contributed by atoms with Gasteiger partial charge in [0, 0.05) is 31.2 Å². The average Bonchev–Trinajstić information content (AvgIpc) is 2.89. The normalized spacial score (nSPS) is 10.7. The van der Waals surface area contributed by atoms with E-state index in [0.29, 0.717) is 11.4 Å². The maximum Gasteiger partial charge on any atom is 0.245 e. The minimum absolute atomic E-state index is 0.240. The molecule has 0 unspecified atom stereocenters. The molecule has 1 N–H and O–H groups in total. The van der Waals surface area contributed by atoms with Crippen LogP contribution in [-0.2, 0) is 14.4 Å². The van der Waals surface area contributed by atoms with E-state index in [2.05, 4.69) is 5.32 Å². The number of benzene rings is 3. The van der Waals surface area contributed by atoms with Crippen molar-refractivity contribution in [3.05, 3.63) is 90.7 Å². The second-order valence-corrected chi connectivity index (χ2v) is 8.09. The van der Waals surface area contributed by atoms with Crippen molar-refractivity contribution in [1.82, 2.24) is 0 Å². The summed E-state index contributed by atoms with van der Waals surface area (Å²) in [5.41, 5.74) is -0.606. The largest absolute Gasteiger partial charge is 0.325 e. The maximum absolute atomic E-state index is 13.4. The molecule has 7 nitrogen and oxygen atoms in total. The van der Waals surface area contributed by atoms with Gasteiger partial charge in [-0.15, -0.1) is 0 Å². The molecule has 178 valence electrons. The molecule has 8 heteroatoms. The van der Waals surface area contributed by atoms with E-state index in [4.69, 9.17) is 0 Å². The molecule has 3 aromatic carbocycles. The summed E-state index contributed by atoms with van der Waals surface area (Å²) >= 11 is 0. The lowest BCUT2D eigenvalue weighted by atomic mass is 9.80. The minimum atomic E-state index is -2.01. The number of halogens is 1. The van der Waals surface area contributed by atoms with Crippen molar-refractivity contribution in [3.63, 3.8) is 0 Å². The van der Waals surface area contributed by atoms with Gasteiger partial charge in [-0.2, -0.15) is 5.26 Å².